The zero-order valence-corrected chi connectivity index (χ0v) is 10.2. The van der Waals surface area contributed by atoms with Crippen LogP contribution >= 0.6 is 27.5 Å². The van der Waals surface area contributed by atoms with Gasteiger partial charge in [0.25, 0.3) is 0 Å². The Hall–Kier alpha value is -0.830. The molecule has 0 aliphatic rings. The van der Waals surface area contributed by atoms with E-state index >= 15 is 0 Å². The quantitative estimate of drug-likeness (QED) is 0.295. The molecule has 18 heavy (non-hydrogen) atoms. The summed E-state index contributed by atoms with van der Waals surface area (Å²) in [6.45, 7) is 0. The molecule has 0 aliphatic heterocycles. The number of halogens is 9. The third-order valence-corrected chi connectivity index (χ3v) is 2.63. The second kappa shape index (κ2) is 5.04. The van der Waals surface area contributed by atoms with Crippen molar-refractivity contribution in [2.45, 2.75) is 6.18 Å². The van der Waals surface area contributed by atoms with Gasteiger partial charge < -0.3 is 0 Å². The van der Waals surface area contributed by atoms with Gasteiger partial charge in [0, 0.05) is 0 Å². The van der Waals surface area contributed by atoms with Crippen molar-refractivity contribution in [1.82, 2.24) is 0 Å². The van der Waals surface area contributed by atoms with Crippen molar-refractivity contribution in [3.8, 4) is 0 Å². The second-order valence-electron chi connectivity index (χ2n) is 2.82. The number of rotatable bonds is 1. The normalized spacial score (nSPS) is 13.1. The van der Waals surface area contributed by atoms with E-state index in [1.54, 1.807) is 0 Å². The van der Waals surface area contributed by atoms with Gasteiger partial charge in [-0.1, -0.05) is 11.6 Å². The van der Waals surface area contributed by atoms with Gasteiger partial charge in [-0.3, -0.25) is 0 Å². The summed E-state index contributed by atoms with van der Waals surface area (Å²) < 4.78 is 86.9. The maximum absolute atomic E-state index is 13.1. The van der Waals surface area contributed by atoms with Gasteiger partial charge in [-0.2, -0.15) is 13.2 Å². The summed E-state index contributed by atoms with van der Waals surface area (Å²) in [5.74, 6) is -8.02. The van der Waals surface area contributed by atoms with E-state index in [0.717, 1.165) is 0 Å². The molecule has 100 valence electrons. The highest BCUT2D eigenvalue weighted by atomic mass is 79.9. The summed E-state index contributed by atoms with van der Waals surface area (Å²) in [6.07, 6.45) is -5.19. The minimum Gasteiger partial charge on any atom is -0.226 e. The van der Waals surface area contributed by atoms with E-state index < -0.39 is 44.8 Å². The topological polar surface area (TPSA) is 12.4 Å². The van der Waals surface area contributed by atoms with Crippen LogP contribution in [-0.2, 0) is 0 Å². The summed E-state index contributed by atoms with van der Waals surface area (Å²) in [6, 6.07) is 0. The highest BCUT2D eigenvalue weighted by Gasteiger charge is 2.36. The Balaban J connectivity index is 3.53. The molecule has 0 bridgehead atoms. The first kappa shape index (κ1) is 15.2. The number of benzene rings is 1. The smallest absolute Gasteiger partial charge is 0.226 e. The molecule has 1 rings (SSSR count). The van der Waals surface area contributed by atoms with Crippen molar-refractivity contribution >= 4 is 38.4 Å². The Labute approximate surface area is 108 Å². The Morgan fingerprint density at radius 1 is 0.944 bits per heavy atom. The highest BCUT2D eigenvalue weighted by molar-refractivity contribution is 9.10. The zero-order valence-electron chi connectivity index (χ0n) is 7.85. The summed E-state index contributed by atoms with van der Waals surface area (Å²) in [5, 5.41) is -2.17. The largest absolute Gasteiger partial charge is 0.444 e. The fourth-order valence-electron chi connectivity index (χ4n) is 0.853. The molecule has 0 N–H and O–H groups in total. The molecule has 10 heteroatoms. The molecular formula is C8BrClF7N. The minimum absolute atomic E-state index is 1.19. The Morgan fingerprint density at radius 2 is 1.33 bits per heavy atom. The van der Waals surface area contributed by atoms with Crippen LogP contribution in [0.25, 0.3) is 0 Å². The highest BCUT2D eigenvalue weighted by Crippen LogP contribution is 2.34. The SMILES string of the molecule is Fc1c(F)c(N=C(Cl)C(F)(F)F)c(F)c(F)c1Br. The monoisotopic (exact) mass is 357 g/mol. The fraction of sp³-hybridized carbons (Fsp3) is 0.125. The van der Waals surface area contributed by atoms with E-state index in [4.69, 9.17) is 0 Å². The van der Waals surface area contributed by atoms with Gasteiger partial charge in [-0.25, -0.2) is 22.6 Å². The predicted octanol–water partition coefficient (Wildman–Crippen LogP) is 4.84. The van der Waals surface area contributed by atoms with Crippen LogP contribution in [0, 0.1) is 23.3 Å². The first-order valence-electron chi connectivity index (χ1n) is 3.90. The second-order valence-corrected chi connectivity index (χ2v) is 3.97. The molecule has 0 saturated heterocycles. The van der Waals surface area contributed by atoms with E-state index in [9.17, 15) is 30.7 Å². The molecule has 0 fully saturated rings. The maximum Gasteiger partial charge on any atom is 0.444 e. The van der Waals surface area contributed by atoms with Crippen LogP contribution in [0.1, 0.15) is 0 Å². The summed E-state index contributed by atoms with van der Waals surface area (Å²) in [7, 11) is 0. The molecule has 1 aromatic carbocycles. The third-order valence-electron chi connectivity index (χ3n) is 1.63. The molecule has 0 atom stereocenters. The Morgan fingerprint density at radius 3 is 1.67 bits per heavy atom. The van der Waals surface area contributed by atoms with E-state index in [1.165, 1.54) is 0 Å². The van der Waals surface area contributed by atoms with Crippen LogP contribution in [0.15, 0.2) is 9.47 Å². The zero-order chi connectivity index (χ0) is 14.2. The average molecular weight is 358 g/mol. The maximum atomic E-state index is 13.1. The molecule has 0 spiro atoms. The lowest BCUT2D eigenvalue weighted by atomic mass is 10.2. The van der Waals surface area contributed by atoms with Crippen molar-refractivity contribution in [3.63, 3.8) is 0 Å². The lowest BCUT2D eigenvalue weighted by molar-refractivity contribution is -0.0558. The Kier molecular flexibility index (Phi) is 4.26. The number of alkyl halides is 3. The van der Waals surface area contributed by atoms with Crippen molar-refractivity contribution in [3.05, 3.63) is 27.7 Å². The molecule has 0 amide bonds. The van der Waals surface area contributed by atoms with E-state index in [1.807, 2.05) is 0 Å². The van der Waals surface area contributed by atoms with Crippen LogP contribution in [0.4, 0.5) is 36.4 Å². The van der Waals surface area contributed by atoms with Gasteiger partial charge in [0.1, 0.15) is 5.69 Å². The van der Waals surface area contributed by atoms with Gasteiger partial charge in [0.15, 0.2) is 23.3 Å². The molecule has 0 aromatic heterocycles. The minimum atomic E-state index is -5.19. The van der Waals surface area contributed by atoms with Crippen LogP contribution in [0.5, 0.6) is 0 Å². The average Bonchev–Trinajstić information content (AvgIpc) is 2.28. The lowest BCUT2D eigenvalue weighted by Gasteiger charge is -2.07. The lowest BCUT2D eigenvalue weighted by Crippen LogP contribution is -2.17. The van der Waals surface area contributed by atoms with Crippen LogP contribution in [0.2, 0.25) is 0 Å². The van der Waals surface area contributed by atoms with Crippen LogP contribution in [0.3, 0.4) is 0 Å². The third kappa shape index (κ3) is 2.77. The van der Waals surface area contributed by atoms with Crippen LogP contribution in [-0.4, -0.2) is 11.3 Å². The van der Waals surface area contributed by atoms with Gasteiger partial charge in [0.2, 0.25) is 5.17 Å². The number of aliphatic imine (C=N–C) groups is 1. The summed E-state index contributed by atoms with van der Waals surface area (Å²) in [5.41, 5.74) is -1.80. The molecule has 0 unspecified atom stereocenters. The number of nitrogens with zero attached hydrogens (tertiary/aromatic N) is 1. The number of hydrogen-bond donors (Lipinski definition) is 0. The van der Waals surface area contributed by atoms with E-state index in [0.29, 0.717) is 0 Å². The molecule has 0 radical (unpaired) electrons. The first-order valence-corrected chi connectivity index (χ1v) is 5.07. The van der Waals surface area contributed by atoms with E-state index in [-0.39, 0.29) is 0 Å². The summed E-state index contributed by atoms with van der Waals surface area (Å²) in [4.78, 5) is 2.30. The van der Waals surface area contributed by atoms with Crippen LogP contribution < -0.4 is 0 Å². The standard InChI is InChI=1S/C8BrClF7N/c9-1-2(11)4(13)6(5(14)3(1)12)18-7(10)8(15,16)17. The molecule has 1 aromatic rings. The molecule has 0 heterocycles. The van der Waals surface area contributed by atoms with Crippen molar-refractivity contribution in [2.75, 3.05) is 0 Å². The van der Waals surface area contributed by atoms with Gasteiger partial charge in [-0.05, 0) is 15.9 Å². The van der Waals surface area contributed by atoms with Crippen molar-refractivity contribution in [1.29, 1.82) is 0 Å². The van der Waals surface area contributed by atoms with Gasteiger partial charge in [-0.15, -0.1) is 0 Å². The van der Waals surface area contributed by atoms with Gasteiger partial charge in [0.05, 0.1) is 4.47 Å². The predicted molar refractivity (Wildman–Crippen MR) is 53.0 cm³/mol. The molecular weight excluding hydrogens is 358 g/mol. The van der Waals surface area contributed by atoms with Gasteiger partial charge >= 0.3 is 6.18 Å². The summed E-state index contributed by atoms with van der Waals surface area (Å²) >= 11 is 6.80. The fourth-order valence-corrected chi connectivity index (χ4v) is 1.29. The molecule has 1 nitrogen and oxygen atoms in total. The van der Waals surface area contributed by atoms with Crippen molar-refractivity contribution < 1.29 is 30.7 Å². The number of hydrogen-bond acceptors (Lipinski definition) is 1. The Bertz CT molecular complexity index is 496. The van der Waals surface area contributed by atoms with Crippen molar-refractivity contribution in [2.24, 2.45) is 4.99 Å². The first-order chi connectivity index (χ1) is 8.07. The molecule has 0 aliphatic carbocycles. The van der Waals surface area contributed by atoms with E-state index in [2.05, 4.69) is 32.5 Å². The molecule has 0 saturated carbocycles.